The SMILES string of the molecule is Sc1ccc(C2=Cc3cc4ccc(cc5ccc(cc6nc(cc2n3)C=C6)[nH]5)[nH]4)cc1. The zero-order valence-electron chi connectivity index (χ0n) is 16.5. The quantitative estimate of drug-likeness (QED) is 0.272. The molecule has 6 rings (SSSR count). The number of fused-ring (bicyclic) bond motifs is 8. The van der Waals surface area contributed by atoms with Crippen molar-refractivity contribution in [2.45, 2.75) is 4.90 Å². The summed E-state index contributed by atoms with van der Waals surface area (Å²) in [5.74, 6) is 0. The van der Waals surface area contributed by atoms with Crippen LogP contribution in [0.2, 0.25) is 0 Å². The average Bonchev–Trinajstić information content (AvgIpc) is 3.54. The fourth-order valence-electron chi connectivity index (χ4n) is 3.89. The molecule has 0 spiro atoms. The van der Waals surface area contributed by atoms with Crippen molar-refractivity contribution in [3.05, 3.63) is 101 Å². The van der Waals surface area contributed by atoms with Gasteiger partial charge in [-0.2, -0.15) is 0 Å². The normalized spacial score (nSPS) is 12.7. The molecule has 5 heterocycles. The number of hydrogen-bond donors (Lipinski definition) is 3. The van der Waals surface area contributed by atoms with E-state index < -0.39 is 0 Å². The van der Waals surface area contributed by atoms with E-state index in [1.54, 1.807) is 0 Å². The molecule has 0 saturated heterocycles. The molecule has 0 saturated carbocycles. The number of nitrogens with zero attached hydrogens (tertiary/aromatic N) is 2. The van der Waals surface area contributed by atoms with Crippen LogP contribution in [0.5, 0.6) is 0 Å². The van der Waals surface area contributed by atoms with Crippen molar-refractivity contribution in [2.75, 3.05) is 0 Å². The van der Waals surface area contributed by atoms with Crippen LogP contribution in [0.15, 0.2) is 77.7 Å². The van der Waals surface area contributed by atoms with E-state index in [-0.39, 0.29) is 0 Å². The summed E-state index contributed by atoms with van der Waals surface area (Å²) in [6.45, 7) is 0. The van der Waals surface area contributed by atoms with Gasteiger partial charge in [0.2, 0.25) is 0 Å². The first-order chi connectivity index (χ1) is 15.2. The summed E-state index contributed by atoms with van der Waals surface area (Å²) in [6.07, 6.45) is 6.17. The molecule has 0 aliphatic carbocycles. The highest BCUT2D eigenvalue weighted by Crippen LogP contribution is 2.29. The molecule has 4 aromatic rings. The molecule has 0 unspecified atom stereocenters. The molecule has 148 valence electrons. The van der Waals surface area contributed by atoms with Crippen LogP contribution >= 0.6 is 12.6 Å². The summed E-state index contributed by atoms with van der Waals surface area (Å²) < 4.78 is 0. The monoisotopic (exact) mass is 418 g/mol. The standard InChI is InChI=1S/C26H18N4S/c31-24-9-1-16(2-10-24)25-14-23-13-21-6-5-19(28-21)11-17-3-4-18(27-17)12-20-7-8-22(29-20)15-26(25)30-23/h1-15,27-28,31H. The highest BCUT2D eigenvalue weighted by molar-refractivity contribution is 7.80. The Balaban J connectivity index is 1.63. The van der Waals surface area contributed by atoms with Crippen LogP contribution in [-0.4, -0.2) is 19.9 Å². The average molecular weight is 419 g/mol. The van der Waals surface area contributed by atoms with Gasteiger partial charge in [0.05, 0.1) is 22.8 Å². The zero-order valence-corrected chi connectivity index (χ0v) is 17.4. The van der Waals surface area contributed by atoms with Crippen molar-refractivity contribution in [1.82, 2.24) is 19.9 Å². The smallest absolute Gasteiger partial charge is 0.0737 e. The summed E-state index contributed by atoms with van der Waals surface area (Å²) in [6, 6.07) is 24.7. The van der Waals surface area contributed by atoms with Gasteiger partial charge in [0, 0.05) is 32.5 Å². The Morgan fingerprint density at radius 1 is 0.581 bits per heavy atom. The first kappa shape index (κ1) is 18.0. The highest BCUT2D eigenvalue weighted by Gasteiger charge is 2.13. The fourth-order valence-corrected chi connectivity index (χ4v) is 4.04. The van der Waals surface area contributed by atoms with E-state index >= 15 is 0 Å². The third-order valence-electron chi connectivity index (χ3n) is 5.34. The summed E-state index contributed by atoms with van der Waals surface area (Å²) in [5, 5.41) is 0. The zero-order chi connectivity index (χ0) is 20.8. The van der Waals surface area contributed by atoms with Crippen molar-refractivity contribution in [1.29, 1.82) is 0 Å². The van der Waals surface area contributed by atoms with Crippen LogP contribution in [0.3, 0.4) is 0 Å². The predicted molar refractivity (Wildman–Crippen MR) is 131 cm³/mol. The van der Waals surface area contributed by atoms with Crippen LogP contribution in [-0.2, 0) is 0 Å². The molecule has 0 atom stereocenters. The topological polar surface area (TPSA) is 57.4 Å². The minimum Gasteiger partial charge on any atom is -0.355 e. The number of benzene rings is 1. The molecule has 5 heteroatoms. The molecule has 2 aliphatic rings. The minimum atomic E-state index is 0.885. The Kier molecular flexibility index (Phi) is 4.14. The Morgan fingerprint density at radius 2 is 1.16 bits per heavy atom. The van der Waals surface area contributed by atoms with E-state index in [9.17, 15) is 0 Å². The van der Waals surface area contributed by atoms with Gasteiger partial charge in [-0.1, -0.05) is 12.1 Å². The van der Waals surface area contributed by atoms with Crippen molar-refractivity contribution in [2.24, 2.45) is 0 Å². The van der Waals surface area contributed by atoms with Crippen LogP contribution < -0.4 is 0 Å². The van der Waals surface area contributed by atoms with Crippen molar-refractivity contribution >= 4 is 58.5 Å². The van der Waals surface area contributed by atoms with E-state index in [0.29, 0.717) is 0 Å². The molecule has 4 nitrogen and oxygen atoms in total. The van der Waals surface area contributed by atoms with Crippen LogP contribution in [0, 0.1) is 0 Å². The number of thiol groups is 1. The molecule has 2 N–H and O–H groups in total. The molecule has 2 aliphatic heterocycles. The second-order valence-electron chi connectivity index (χ2n) is 7.64. The van der Waals surface area contributed by atoms with Gasteiger partial charge in [0.25, 0.3) is 0 Å². The first-order valence-electron chi connectivity index (χ1n) is 10.1. The summed E-state index contributed by atoms with van der Waals surface area (Å²) in [7, 11) is 0. The lowest BCUT2D eigenvalue weighted by Crippen LogP contribution is -1.86. The van der Waals surface area contributed by atoms with Crippen molar-refractivity contribution < 1.29 is 0 Å². The largest absolute Gasteiger partial charge is 0.355 e. The molecule has 8 bridgehead atoms. The maximum Gasteiger partial charge on any atom is 0.0737 e. The summed E-state index contributed by atoms with van der Waals surface area (Å²) in [4.78, 5) is 17.5. The Labute approximate surface area is 184 Å². The van der Waals surface area contributed by atoms with E-state index in [4.69, 9.17) is 9.97 Å². The first-order valence-corrected chi connectivity index (χ1v) is 10.5. The Hall–Kier alpha value is -3.83. The summed E-state index contributed by atoms with van der Waals surface area (Å²) in [5.41, 5.74) is 9.86. The lowest BCUT2D eigenvalue weighted by molar-refractivity contribution is 1.27. The number of H-pyrrole nitrogens is 2. The van der Waals surface area contributed by atoms with Crippen molar-refractivity contribution in [3.63, 3.8) is 0 Å². The molecular weight excluding hydrogens is 400 g/mol. The second-order valence-corrected chi connectivity index (χ2v) is 8.15. The Bertz CT molecular complexity index is 1540. The third-order valence-corrected chi connectivity index (χ3v) is 5.64. The van der Waals surface area contributed by atoms with Gasteiger partial charge >= 0.3 is 0 Å². The van der Waals surface area contributed by atoms with Crippen LogP contribution in [0.1, 0.15) is 28.3 Å². The number of aromatic nitrogens is 4. The van der Waals surface area contributed by atoms with Gasteiger partial charge < -0.3 is 9.97 Å². The van der Waals surface area contributed by atoms with E-state index in [0.717, 1.165) is 60.9 Å². The molecule has 0 radical (unpaired) electrons. The van der Waals surface area contributed by atoms with Crippen LogP contribution in [0.25, 0.3) is 45.9 Å². The number of hydrogen-bond acceptors (Lipinski definition) is 3. The fraction of sp³-hybridized carbons (Fsp3) is 0. The lowest BCUT2D eigenvalue weighted by Gasteiger charge is -2.02. The van der Waals surface area contributed by atoms with E-state index in [1.807, 2.05) is 36.4 Å². The molecule has 1 aromatic carbocycles. The third kappa shape index (κ3) is 3.60. The summed E-state index contributed by atoms with van der Waals surface area (Å²) >= 11 is 4.42. The molecule has 0 fully saturated rings. The molecular formula is C26H18N4S. The number of rotatable bonds is 1. The predicted octanol–water partition coefficient (Wildman–Crippen LogP) is 6.36. The van der Waals surface area contributed by atoms with E-state index in [2.05, 4.69) is 77.2 Å². The molecule has 31 heavy (non-hydrogen) atoms. The second kappa shape index (κ2) is 7.15. The minimum absolute atomic E-state index is 0.885. The van der Waals surface area contributed by atoms with Gasteiger partial charge in [-0.15, -0.1) is 12.6 Å². The van der Waals surface area contributed by atoms with Crippen LogP contribution in [0.4, 0.5) is 0 Å². The highest BCUT2D eigenvalue weighted by atomic mass is 32.1. The number of nitrogens with one attached hydrogen (secondary N) is 2. The molecule has 0 amide bonds. The van der Waals surface area contributed by atoms with Gasteiger partial charge in [-0.25, -0.2) is 9.97 Å². The van der Waals surface area contributed by atoms with E-state index in [1.165, 1.54) is 0 Å². The molecule has 3 aromatic heterocycles. The van der Waals surface area contributed by atoms with Gasteiger partial charge in [-0.3, -0.25) is 0 Å². The lowest BCUT2D eigenvalue weighted by atomic mass is 10.0. The Morgan fingerprint density at radius 3 is 1.84 bits per heavy atom. The van der Waals surface area contributed by atoms with Gasteiger partial charge in [0.1, 0.15) is 0 Å². The van der Waals surface area contributed by atoms with Gasteiger partial charge in [0.15, 0.2) is 0 Å². The van der Waals surface area contributed by atoms with Crippen molar-refractivity contribution in [3.8, 4) is 0 Å². The number of aromatic amines is 2. The van der Waals surface area contributed by atoms with Gasteiger partial charge in [-0.05, 0) is 84.5 Å². The maximum atomic E-state index is 4.90. The maximum absolute atomic E-state index is 4.90.